The van der Waals surface area contributed by atoms with E-state index in [2.05, 4.69) is 10.3 Å². The van der Waals surface area contributed by atoms with Crippen LogP contribution >= 0.6 is 0 Å². The molecular formula is C19H19FN4O. The van der Waals surface area contributed by atoms with E-state index in [0.29, 0.717) is 12.2 Å². The number of amides is 1. The molecule has 1 N–H and O–H groups in total. The highest BCUT2D eigenvalue weighted by Gasteiger charge is 2.08. The lowest BCUT2D eigenvalue weighted by molar-refractivity contribution is -0.117. The van der Waals surface area contributed by atoms with Crippen molar-refractivity contribution in [1.82, 2.24) is 14.5 Å². The largest absolute Gasteiger partial charge is 0.325 e. The van der Waals surface area contributed by atoms with Crippen LogP contribution in [0.4, 0.5) is 10.1 Å². The molecule has 1 aromatic heterocycles. The molecule has 3 rings (SSSR count). The molecule has 25 heavy (non-hydrogen) atoms. The monoisotopic (exact) mass is 338 g/mol. The Morgan fingerprint density at radius 3 is 2.52 bits per heavy atom. The summed E-state index contributed by atoms with van der Waals surface area (Å²) < 4.78 is 14.8. The summed E-state index contributed by atoms with van der Waals surface area (Å²) >= 11 is 0. The van der Waals surface area contributed by atoms with Gasteiger partial charge in [-0.05, 0) is 49.0 Å². The van der Waals surface area contributed by atoms with Gasteiger partial charge in [-0.25, -0.2) is 9.37 Å². The molecule has 0 aliphatic carbocycles. The first-order valence-electron chi connectivity index (χ1n) is 7.91. The number of halogens is 1. The number of imidazole rings is 1. The summed E-state index contributed by atoms with van der Waals surface area (Å²) in [7, 11) is 1.88. The molecule has 128 valence electrons. The van der Waals surface area contributed by atoms with E-state index in [-0.39, 0.29) is 18.3 Å². The van der Waals surface area contributed by atoms with Crippen molar-refractivity contribution in [2.24, 2.45) is 0 Å². The number of benzene rings is 2. The summed E-state index contributed by atoms with van der Waals surface area (Å²) in [4.78, 5) is 18.0. The van der Waals surface area contributed by atoms with Gasteiger partial charge in [0.05, 0.1) is 12.9 Å². The van der Waals surface area contributed by atoms with Crippen molar-refractivity contribution in [2.45, 2.75) is 6.54 Å². The summed E-state index contributed by atoms with van der Waals surface area (Å²) in [5.41, 5.74) is 2.74. The second-order valence-electron chi connectivity index (χ2n) is 5.86. The molecule has 2 aromatic carbocycles. The van der Waals surface area contributed by atoms with Gasteiger partial charge in [-0.1, -0.05) is 12.1 Å². The van der Waals surface area contributed by atoms with Gasteiger partial charge in [0.1, 0.15) is 5.82 Å². The summed E-state index contributed by atoms with van der Waals surface area (Å²) in [5.74, 6) is -0.460. The van der Waals surface area contributed by atoms with E-state index in [9.17, 15) is 9.18 Å². The highest BCUT2D eigenvalue weighted by Crippen LogP contribution is 2.11. The highest BCUT2D eigenvalue weighted by molar-refractivity contribution is 5.92. The Morgan fingerprint density at radius 2 is 1.88 bits per heavy atom. The minimum Gasteiger partial charge on any atom is -0.325 e. The van der Waals surface area contributed by atoms with Crippen molar-refractivity contribution in [3.8, 4) is 5.69 Å². The summed E-state index contributed by atoms with van der Waals surface area (Å²) in [5, 5.41) is 2.76. The molecule has 0 radical (unpaired) electrons. The summed E-state index contributed by atoms with van der Waals surface area (Å²) in [6.45, 7) is 0.904. The average molecular weight is 338 g/mol. The second kappa shape index (κ2) is 7.72. The van der Waals surface area contributed by atoms with E-state index >= 15 is 0 Å². The first-order valence-corrected chi connectivity index (χ1v) is 7.91. The fourth-order valence-electron chi connectivity index (χ4n) is 2.53. The van der Waals surface area contributed by atoms with E-state index in [4.69, 9.17) is 0 Å². The fraction of sp³-hybridized carbons (Fsp3) is 0.158. The van der Waals surface area contributed by atoms with E-state index < -0.39 is 0 Å². The van der Waals surface area contributed by atoms with Crippen LogP contribution in [0.2, 0.25) is 0 Å². The van der Waals surface area contributed by atoms with Crippen molar-refractivity contribution >= 4 is 11.6 Å². The Bertz CT molecular complexity index is 814. The molecule has 0 bridgehead atoms. The van der Waals surface area contributed by atoms with Crippen LogP contribution in [0.1, 0.15) is 5.56 Å². The molecule has 6 heteroatoms. The molecule has 0 fully saturated rings. The van der Waals surface area contributed by atoms with Crippen LogP contribution in [-0.2, 0) is 11.3 Å². The van der Waals surface area contributed by atoms with Gasteiger partial charge in [-0.15, -0.1) is 0 Å². The van der Waals surface area contributed by atoms with Crippen molar-refractivity contribution < 1.29 is 9.18 Å². The maximum Gasteiger partial charge on any atom is 0.238 e. The zero-order chi connectivity index (χ0) is 17.6. The van der Waals surface area contributed by atoms with Crippen molar-refractivity contribution in [1.29, 1.82) is 0 Å². The number of nitrogens with zero attached hydrogens (tertiary/aromatic N) is 3. The van der Waals surface area contributed by atoms with Crippen molar-refractivity contribution in [3.05, 3.63) is 78.6 Å². The Labute approximate surface area is 145 Å². The minimum atomic E-state index is -0.325. The molecule has 5 nitrogen and oxygen atoms in total. The quantitative estimate of drug-likeness (QED) is 0.751. The molecule has 0 saturated carbocycles. The third-order valence-electron chi connectivity index (χ3n) is 3.73. The maximum absolute atomic E-state index is 12.9. The van der Waals surface area contributed by atoms with Crippen molar-refractivity contribution in [3.63, 3.8) is 0 Å². The van der Waals surface area contributed by atoms with Gasteiger partial charge < -0.3 is 9.88 Å². The van der Waals surface area contributed by atoms with Crippen LogP contribution < -0.4 is 5.32 Å². The SMILES string of the molecule is CN(CC(=O)Nc1ccc(F)cc1)Cc1ccc(-n2ccnc2)cc1. The third-order valence-corrected chi connectivity index (χ3v) is 3.73. The first-order chi connectivity index (χ1) is 12.1. The molecule has 1 amide bonds. The Balaban J connectivity index is 1.52. The van der Waals surface area contributed by atoms with Crippen LogP contribution in [0.25, 0.3) is 5.69 Å². The molecule has 1 heterocycles. The number of carbonyl (C=O) groups is 1. The standard InChI is InChI=1S/C19H19FN4O/c1-23(13-19(25)22-17-6-4-16(20)5-7-17)12-15-2-8-18(9-3-15)24-11-10-21-14-24/h2-11,14H,12-13H2,1H3,(H,22,25). The minimum absolute atomic E-state index is 0.135. The lowest BCUT2D eigenvalue weighted by Gasteiger charge is -2.16. The molecule has 0 atom stereocenters. The zero-order valence-corrected chi connectivity index (χ0v) is 13.9. The summed E-state index contributed by atoms with van der Waals surface area (Å²) in [6.07, 6.45) is 5.38. The normalized spacial score (nSPS) is 10.8. The van der Waals surface area contributed by atoms with Crippen LogP contribution in [0.5, 0.6) is 0 Å². The molecule has 0 aliphatic heterocycles. The number of hydrogen-bond donors (Lipinski definition) is 1. The number of hydrogen-bond acceptors (Lipinski definition) is 3. The topological polar surface area (TPSA) is 50.2 Å². The zero-order valence-electron chi connectivity index (χ0n) is 13.9. The van der Waals surface area contributed by atoms with Gasteiger partial charge >= 0.3 is 0 Å². The Kier molecular flexibility index (Phi) is 5.20. The van der Waals surface area contributed by atoms with Crippen molar-refractivity contribution in [2.75, 3.05) is 18.9 Å². The molecule has 3 aromatic rings. The average Bonchev–Trinajstić information content (AvgIpc) is 3.12. The van der Waals surface area contributed by atoms with Crippen LogP contribution in [0.15, 0.2) is 67.3 Å². The number of anilines is 1. The lowest BCUT2D eigenvalue weighted by Crippen LogP contribution is -2.29. The Hall–Kier alpha value is -2.99. The first kappa shape index (κ1) is 16.9. The predicted octanol–water partition coefficient (Wildman–Crippen LogP) is 3.08. The molecule has 0 saturated heterocycles. The molecule has 0 aliphatic rings. The fourth-order valence-corrected chi connectivity index (χ4v) is 2.53. The maximum atomic E-state index is 12.9. The van der Waals surface area contributed by atoms with Gasteiger partial charge in [0.25, 0.3) is 0 Å². The molecule has 0 unspecified atom stereocenters. The van der Waals surface area contributed by atoms with E-state index in [1.54, 1.807) is 24.7 Å². The highest BCUT2D eigenvalue weighted by atomic mass is 19.1. The number of carbonyl (C=O) groups excluding carboxylic acids is 1. The van der Waals surface area contributed by atoms with Crippen LogP contribution in [0, 0.1) is 5.82 Å². The smallest absolute Gasteiger partial charge is 0.238 e. The van der Waals surface area contributed by atoms with E-state index in [1.807, 2.05) is 47.0 Å². The van der Waals surface area contributed by atoms with E-state index in [1.165, 1.54) is 12.1 Å². The van der Waals surface area contributed by atoms with Gasteiger partial charge in [0.2, 0.25) is 5.91 Å². The van der Waals surface area contributed by atoms with E-state index in [0.717, 1.165) is 11.3 Å². The van der Waals surface area contributed by atoms with Crippen LogP contribution in [0.3, 0.4) is 0 Å². The lowest BCUT2D eigenvalue weighted by atomic mass is 10.2. The number of nitrogens with one attached hydrogen (secondary N) is 1. The predicted molar refractivity (Wildman–Crippen MR) is 94.9 cm³/mol. The second-order valence-corrected chi connectivity index (χ2v) is 5.86. The summed E-state index contributed by atoms with van der Waals surface area (Å²) in [6, 6.07) is 13.8. The molecular weight excluding hydrogens is 319 g/mol. The van der Waals surface area contributed by atoms with Crippen LogP contribution in [-0.4, -0.2) is 34.0 Å². The van der Waals surface area contributed by atoms with Gasteiger partial charge in [-0.2, -0.15) is 0 Å². The van der Waals surface area contributed by atoms with Gasteiger partial charge in [-0.3, -0.25) is 9.69 Å². The Morgan fingerprint density at radius 1 is 1.16 bits per heavy atom. The number of aromatic nitrogens is 2. The number of likely N-dealkylation sites (N-methyl/N-ethyl adjacent to an activating group) is 1. The third kappa shape index (κ3) is 4.74. The van der Waals surface area contributed by atoms with Gasteiger partial charge in [0.15, 0.2) is 0 Å². The number of rotatable bonds is 6. The van der Waals surface area contributed by atoms with Gasteiger partial charge in [0, 0.05) is 30.3 Å². The molecule has 0 spiro atoms.